The number of amides is 1. The third kappa shape index (κ3) is 4.14. The molecule has 5 nitrogen and oxygen atoms in total. The normalized spacial score (nSPS) is 20.2. The number of hydrogen-bond donors (Lipinski definition) is 2. The van der Waals surface area contributed by atoms with E-state index in [4.69, 9.17) is 15.2 Å². The fourth-order valence-electron chi connectivity index (χ4n) is 3.21. The molecule has 1 aromatic rings. The Hall–Kier alpha value is -1.46. The molecule has 2 rings (SSSR count). The summed E-state index contributed by atoms with van der Waals surface area (Å²) in [4.78, 5) is 12.8. The summed E-state index contributed by atoms with van der Waals surface area (Å²) in [6.45, 7) is 4.48. The Labute approximate surface area is 150 Å². The Morgan fingerprint density at radius 2 is 1.92 bits per heavy atom. The first-order valence-corrected chi connectivity index (χ1v) is 8.17. The molecule has 0 bridgehead atoms. The number of nitrogens with one attached hydrogen (secondary N) is 1. The standard InChI is InChI=1S/C18H28N2O3.ClH/c1-18(2,13-8-9-15(22-3)16(10-13)23-4)17(21)20-14-7-5-6-12(14)11-19;/h8-10,12,14H,5-7,11,19H2,1-4H3,(H,20,21);1H. The first kappa shape index (κ1) is 20.6. The summed E-state index contributed by atoms with van der Waals surface area (Å²) in [6.07, 6.45) is 3.23. The van der Waals surface area contributed by atoms with Gasteiger partial charge in [0.25, 0.3) is 0 Å². The van der Waals surface area contributed by atoms with Crippen LogP contribution in [-0.2, 0) is 10.2 Å². The van der Waals surface area contributed by atoms with Gasteiger partial charge in [0.05, 0.1) is 19.6 Å². The third-order valence-corrected chi connectivity index (χ3v) is 4.95. The molecule has 1 fully saturated rings. The van der Waals surface area contributed by atoms with E-state index in [2.05, 4.69) is 5.32 Å². The van der Waals surface area contributed by atoms with Crippen molar-refractivity contribution in [3.05, 3.63) is 23.8 Å². The van der Waals surface area contributed by atoms with Gasteiger partial charge in [-0.25, -0.2) is 0 Å². The predicted molar refractivity (Wildman–Crippen MR) is 98.1 cm³/mol. The molecular formula is C18H29ClN2O3. The zero-order valence-corrected chi connectivity index (χ0v) is 15.7. The molecule has 1 aromatic carbocycles. The van der Waals surface area contributed by atoms with Gasteiger partial charge in [0.1, 0.15) is 0 Å². The maximum Gasteiger partial charge on any atom is 0.230 e. The van der Waals surface area contributed by atoms with E-state index in [9.17, 15) is 4.79 Å². The molecule has 3 N–H and O–H groups in total. The van der Waals surface area contributed by atoms with E-state index in [-0.39, 0.29) is 24.4 Å². The van der Waals surface area contributed by atoms with Crippen molar-refractivity contribution in [2.45, 2.75) is 44.6 Å². The number of carbonyl (C=O) groups is 1. The van der Waals surface area contributed by atoms with Crippen LogP contribution in [-0.4, -0.2) is 32.7 Å². The highest BCUT2D eigenvalue weighted by Gasteiger charge is 2.35. The second-order valence-electron chi connectivity index (χ2n) is 6.70. The van der Waals surface area contributed by atoms with Gasteiger partial charge in [-0.1, -0.05) is 12.5 Å². The Kier molecular flexibility index (Phi) is 7.36. The van der Waals surface area contributed by atoms with Crippen molar-refractivity contribution in [3.63, 3.8) is 0 Å². The van der Waals surface area contributed by atoms with Gasteiger partial charge < -0.3 is 20.5 Å². The molecule has 24 heavy (non-hydrogen) atoms. The van der Waals surface area contributed by atoms with Gasteiger partial charge in [-0.3, -0.25) is 4.79 Å². The highest BCUT2D eigenvalue weighted by molar-refractivity contribution is 5.87. The molecule has 0 spiro atoms. The van der Waals surface area contributed by atoms with Crippen molar-refractivity contribution in [1.82, 2.24) is 5.32 Å². The zero-order chi connectivity index (χ0) is 17.0. The molecule has 136 valence electrons. The number of rotatable bonds is 6. The minimum absolute atomic E-state index is 0. The molecule has 0 aromatic heterocycles. The lowest BCUT2D eigenvalue weighted by atomic mass is 9.83. The monoisotopic (exact) mass is 356 g/mol. The Bertz CT molecular complexity index is 563. The van der Waals surface area contributed by atoms with E-state index in [1.165, 1.54) is 0 Å². The maximum atomic E-state index is 12.8. The van der Waals surface area contributed by atoms with Crippen LogP contribution >= 0.6 is 12.4 Å². The highest BCUT2D eigenvalue weighted by Crippen LogP contribution is 2.34. The number of ether oxygens (including phenoxy) is 2. The Morgan fingerprint density at radius 1 is 1.25 bits per heavy atom. The lowest BCUT2D eigenvalue weighted by Crippen LogP contribution is -2.47. The van der Waals surface area contributed by atoms with Gasteiger partial charge in [0.15, 0.2) is 11.5 Å². The van der Waals surface area contributed by atoms with E-state index in [0.29, 0.717) is 24.0 Å². The van der Waals surface area contributed by atoms with Crippen molar-refractivity contribution in [2.24, 2.45) is 11.7 Å². The van der Waals surface area contributed by atoms with Crippen LogP contribution in [0.25, 0.3) is 0 Å². The smallest absolute Gasteiger partial charge is 0.230 e. The molecule has 1 aliphatic carbocycles. The Balaban J connectivity index is 0.00000288. The van der Waals surface area contributed by atoms with Gasteiger partial charge in [-0.15, -0.1) is 12.4 Å². The SMILES string of the molecule is COc1ccc(C(C)(C)C(=O)NC2CCCC2CN)cc1OC.Cl. The second-order valence-corrected chi connectivity index (χ2v) is 6.70. The van der Waals surface area contributed by atoms with Gasteiger partial charge >= 0.3 is 0 Å². The number of halogens is 1. The van der Waals surface area contributed by atoms with Crippen LogP contribution in [0, 0.1) is 5.92 Å². The van der Waals surface area contributed by atoms with Crippen molar-refractivity contribution in [1.29, 1.82) is 0 Å². The van der Waals surface area contributed by atoms with Crippen molar-refractivity contribution >= 4 is 18.3 Å². The van der Waals surface area contributed by atoms with Gasteiger partial charge in [0.2, 0.25) is 5.91 Å². The lowest BCUT2D eigenvalue weighted by molar-refractivity contribution is -0.126. The summed E-state index contributed by atoms with van der Waals surface area (Å²) >= 11 is 0. The van der Waals surface area contributed by atoms with E-state index in [1.807, 2.05) is 32.0 Å². The number of carbonyl (C=O) groups excluding carboxylic acids is 1. The van der Waals surface area contributed by atoms with Crippen LogP contribution in [0.1, 0.15) is 38.7 Å². The average Bonchev–Trinajstić information content (AvgIpc) is 3.01. The van der Waals surface area contributed by atoms with Gasteiger partial charge in [0, 0.05) is 6.04 Å². The van der Waals surface area contributed by atoms with Crippen LogP contribution in [0.3, 0.4) is 0 Å². The molecule has 0 radical (unpaired) electrons. The van der Waals surface area contributed by atoms with Crippen LogP contribution in [0.5, 0.6) is 11.5 Å². The second kappa shape index (κ2) is 8.58. The quantitative estimate of drug-likeness (QED) is 0.821. The highest BCUT2D eigenvalue weighted by atomic mass is 35.5. The summed E-state index contributed by atoms with van der Waals surface area (Å²) in [7, 11) is 3.20. The largest absolute Gasteiger partial charge is 0.493 e. The molecule has 6 heteroatoms. The van der Waals surface area contributed by atoms with Gasteiger partial charge in [-0.2, -0.15) is 0 Å². The molecule has 0 saturated heterocycles. The Morgan fingerprint density at radius 3 is 2.50 bits per heavy atom. The van der Waals surface area contributed by atoms with Crippen molar-refractivity contribution in [3.8, 4) is 11.5 Å². The van der Waals surface area contributed by atoms with Gasteiger partial charge in [-0.05, 0) is 56.8 Å². The van der Waals surface area contributed by atoms with E-state index >= 15 is 0 Å². The first-order valence-electron chi connectivity index (χ1n) is 8.17. The van der Waals surface area contributed by atoms with Crippen LogP contribution < -0.4 is 20.5 Å². The fraction of sp³-hybridized carbons (Fsp3) is 0.611. The molecule has 1 saturated carbocycles. The summed E-state index contributed by atoms with van der Waals surface area (Å²) in [6, 6.07) is 5.80. The number of nitrogens with two attached hydrogens (primary N) is 1. The molecule has 0 heterocycles. The fourth-order valence-corrected chi connectivity index (χ4v) is 3.21. The van der Waals surface area contributed by atoms with E-state index in [0.717, 1.165) is 24.8 Å². The molecule has 0 aliphatic heterocycles. The third-order valence-electron chi connectivity index (χ3n) is 4.95. The molecule has 1 aliphatic rings. The summed E-state index contributed by atoms with van der Waals surface area (Å²) in [5, 5.41) is 3.19. The molecule has 2 unspecified atom stereocenters. The minimum atomic E-state index is -0.651. The molecular weight excluding hydrogens is 328 g/mol. The minimum Gasteiger partial charge on any atom is -0.493 e. The number of benzene rings is 1. The van der Waals surface area contributed by atoms with Crippen LogP contribution in [0.2, 0.25) is 0 Å². The van der Waals surface area contributed by atoms with Crippen molar-refractivity contribution < 1.29 is 14.3 Å². The van der Waals surface area contributed by atoms with Crippen molar-refractivity contribution in [2.75, 3.05) is 20.8 Å². The van der Waals surface area contributed by atoms with E-state index in [1.54, 1.807) is 14.2 Å². The molecule has 2 atom stereocenters. The summed E-state index contributed by atoms with van der Waals surface area (Å²) < 4.78 is 10.6. The zero-order valence-electron chi connectivity index (χ0n) is 14.9. The van der Waals surface area contributed by atoms with E-state index < -0.39 is 5.41 Å². The number of hydrogen-bond acceptors (Lipinski definition) is 4. The lowest BCUT2D eigenvalue weighted by Gasteiger charge is -2.29. The van der Waals surface area contributed by atoms with Crippen LogP contribution in [0.4, 0.5) is 0 Å². The van der Waals surface area contributed by atoms with Crippen LogP contribution in [0.15, 0.2) is 18.2 Å². The summed E-state index contributed by atoms with van der Waals surface area (Å²) in [5.41, 5.74) is 6.05. The first-order chi connectivity index (χ1) is 10.9. The number of methoxy groups -OCH3 is 2. The average molecular weight is 357 g/mol. The maximum absolute atomic E-state index is 12.8. The topological polar surface area (TPSA) is 73.6 Å². The molecule has 1 amide bonds. The summed E-state index contributed by atoms with van der Waals surface area (Å²) in [5.74, 6) is 1.70. The predicted octanol–water partition coefficient (Wildman–Crippen LogP) is 2.65.